The molecule has 102 valence electrons. The van der Waals surface area contributed by atoms with Crippen LogP contribution in [0.4, 0.5) is 0 Å². The molecule has 0 aliphatic rings. The fraction of sp³-hybridized carbons (Fsp3) is 0.286. The Bertz CT molecular complexity index is 451. The van der Waals surface area contributed by atoms with Crippen molar-refractivity contribution >= 4 is 11.7 Å². The van der Waals surface area contributed by atoms with Gasteiger partial charge < -0.3 is 14.7 Å². The van der Waals surface area contributed by atoms with Gasteiger partial charge in [0, 0.05) is 5.56 Å². The first-order valence-corrected chi connectivity index (χ1v) is 5.92. The fourth-order valence-electron chi connectivity index (χ4n) is 1.37. The van der Waals surface area contributed by atoms with E-state index in [-0.39, 0.29) is 6.42 Å². The summed E-state index contributed by atoms with van der Waals surface area (Å²) < 4.78 is 5.35. The summed E-state index contributed by atoms with van der Waals surface area (Å²) in [4.78, 5) is 15.7. The third-order valence-corrected chi connectivity index (χ3v) is 2.18. The highest BCUT2D eigenvalue weighted by molar-refractivity contribution is 6.08. The quantitative estimate of drug-likeness (QED) is 0.444. The zero-order valence-electron chi connectivity index (χ0n) is 10.8. The molecule has 19 heavy (non-hydrogen) atoms. The average molecular weight is 263 g/mol. The van der Waals surface area contributed by atoms with Gasteiger partial charge in [0.15, 0.2) is 0 Å². The third-order valence-electron chi connectivity index (χ3n) is 2.18. The van der Waals surface area contributed by atoms with Crippen LogP contribution in [-0.2, 0) is 9.63 Å². The van der Waals surface area contributed by atoms with Crippen molar-refractivity contribution in [1.29, 1.82) is 0 Å². The Morgan fingerprint density at radius 1 is 1.42 bits per heavy atom. The van der Waals surface area contributed by atoms with E-state index in [2.05, 4.69) is 11.7 Å². The predicted octanol–water partition coefficient (Wildman–Crippen LogP) is 2.47. The van der Waals surface area contributed by atoms with Crippen LogP contribution >= 0.6 is 0 Å². The van der Waals surface area contributed by atoms with Crippen LogP contribution in [0, 0.1) is 0 Å². The van der Waals surface area contributed by atoms with E-state index in [0.29, 0.717) is 30.2 Å². The minimum absolute atomic E-state index is 0.188. The second-order valence-corrected chi connectivity index (χ2v) is 3.65. The lowest BCUT2D eigenvalue weighted by molar-refractivity contribution is -0.135. The number of rotatable bonds is 8. The van der Waals surface area contributed by atoms with Gasteiger partial charge in [0.1, 0.15) is 19.0 Å². The Balaban J connectivity index is 2.84. The lowest BCUT2D eigenvalue weighted by Gasteiger charge is -2.06. The molecule has 0 heterocycles. The highest BCUT2D eigenvalue weighted by Gasteiger charge is 2.10. The minimum Gasteiger partial charge on any atom is -0.490 e. The maximum Gasteiger partial charge on any atom is 0.309 e. The van der Waals surface area contributed by atoms with Crippen molar-refractivity contribution in [2.45, 2.75) is 13.3 Å². The van der Waals surface area contributed by atoms with Gasteiger partial charge in [-0.2, -0.15) is 0 Å². The van der Waals surface area contributed by atoms with Crippen molar-refractivity contribution in [3.05, 3.63) is 42.5 Å². The van der Waals surface area contributed by atoms with Crippen LogP contribution in [0.25, 0.3) is 0 Å². The Morgan fingerprint density at radius 2 is 2.11 bits per heavy atom. The third kappa shape index (κ3) is 5.25. The molecule has 0 aliphatic heterocycles. The molecule has 0 unspecified atom stereocenters. The molecule has 1 N–H and O–H groups in total. The van der Waals surface area contributed by atoms with Crippen LogP contribution in [0.3, 0.4) is 0 Å². The first kappa shape index (κ1) is 14.8. The van der Waals surface area contributed by atoms with Crippen molar-refractivity contribution in [1.82, 2.24) is 0 Å². The summed E-state index contributed by atoms with van der Waals surface area (Å²) in [5.41, 5.74) is 1.08. The van der Waals surface area contributed by atoms with Gasteiger partial charge in [0.05, 0.1) is 12.1 Å². The Hall–Kier alpha value is -2.30. The highest BCUT2D eigenvalue weighted by atomic mass is 16.6. The van der Waals surface area contributed by atoms with Crippen molar-refractivity contribution in [3.63, 3.8) is 0 Å². The molecule has 5 nitrogen and oxygen atoms in total. The molecule has 5 heteroatoms. The first-order chi connectivity index (χ1) is 9.17. The normalized spacial score (nSPS) is 10.9. The number of ether oxygens (including phenoxy) is 1. The molecule has 0 spiro atoms. The van der Waals surface area contributed by atoms with E-state index in [4.69, 9.17) is 14.7 Å². The van der Waals surface area contributed by atoms with Crippen LogP contribution in [0.2, 0.25) is 0 Å². The summed E-state index contributed by atoms with van der Waals surface area (Å²) in [7, 11) is 0. The van der Waals surface area contributed by atoms with E-state index in [0.717, 1.165) is 0 Å². The van der Waals surface area contributed by atoms with Crippen LogP contribution in [0.5, 0.6) is 5.75 Å². The molecule has 0 saturated carbocycles. The number of benzene rings is 1. The zero-order valence-corrected chi connectivity index (χ0v) is 10.8. The number of hydrogen-bond acceptors (Lipinski definition) is 4. The van der Waals surface area contributed by atoms with E-state index in [1.807, 2.05) is 0 Å². The maximum atomic E-state index is 10.8. The summed E-state index contributed by atoms with van der Waals surface area (Å²) >= 11 is 0. The monoisotopic (exact) mass is 263 g/mol. The van der Waals surface area contributed by atoms with E-state index < -0.39 is 5.97 Å². The first-order valence-electron chi connectivity index (χ1n) is 5.92. The zero-order chi connectivity index (χ0) is 14.1. The molecule has 0 saturated heterocycles. The average Bonchev–Trinajstić information content (AvgIpc) is 2.41. The summed E-state index contributed by atoms with van der Waals surface area (Å²) in [6.45, 7) is 6.17. The van der Waals surface area contributed by atoms with Crippen LogP contribution in [0.1, 0.15) is 18.9 Å². The summed E-state index contributed by atoms with van der Waals surface area (Å²) in [6.07, 6.45) is 1.47. The van der Waals surface area contributed by atoms with Gasteiger partial charge >= 0.3 is 5.97 Å². The molecule has 0 aromatic heterocycles. The Morgan fingerprint density at radius 3 is 2.63 bits per heavy atom. The molecule has 0 amide bonds. The van der Waals surface area contributed by atoms with Crippen molar-refractivity contribution < 1.29 is 19.5 Å². The van der Waals surface area contributed by atoms with Gasteiger partial charge in [-0.05, 0) is 31.2 Å². The van der Waals surface area contributed by atoms with Crippen molar-refractivity contribution in [2.75, 3.05) is 13.2 Å². The number of hydrogen-bond donors (Lipinski definition) is 1. The van der Waals surface area contributed by atoms with E-state index >= 15 is 0 Å². The Kier molecular flexibility index (Phi) is 6.15. The van der Waals surface area contributed by atoms with Crippen LogP contribution < -0.4 is 4.74 Å². The molecule has 0 atom stereocenters. The number of carbonyl (C=O) groups is 1. The smallest absolute Gasteiger partial charge is 0.309 e. The lowest BCUT2D eigenvalue weighted by atomic mass is 10.1. The molecule has 1 aromatic rings. The molecular weight excluding hydrogens is 246 g/mol. The van der Waals surface area contributed by atoms with E-state index in [1.165, 1.54) is 0 Å². The number of carboxylic acids is 1. The topological polar surface area (TPSA) is 68.1 Å². The van der Waals surface area contributed by atoms with Gasteiger partial charge in [0.25, 0.3) is 0 Å². The van der Waals surface area contributed by atoms with Gasteiger partial charge in [-0.15, -0.1) is 0 Å². The maximum absolute atomic E-state index is 10.8. The fourth-order valence-corrected chi connectivity index (χ4v) is 1.37. The standard InChI is InChI=1S/C14H17NO4/c1-3-9-18-12-7-5-11(6-8-12)13(10-14(16)17)15-19-4-2/h3,5-8H,1,4,9-10H2,2H3,(H,16,17)/b15-13+. The molecule has 1 rings (SSSR count). The SMILES string of the molecule is C=CCOc1ccc(/C(CC(=O)O)=N/OCC)cc1. The van der Waals surface area contributed by atoms with Crippen LogP contribution in [-0.4, -0.2) is 30.0 Å². The molecule has 0 bridgehead atoms. The Labute approximate surface area is 112 Å². The van der Waals surface area contributed by atoms with Crippen molar-refractivity contribution in [2.24, 2.45) is 5.16 Å². The van der Waals surface area contributed by atoms with Gasteiger partial charge in [-0.25, -0.2) is 0 Å². The van der Waals surface area contributed by atoms with E-state index in [9.17, 15) is 4.79 Å². The number of aliphatic carboxylic acids is 1. The molecule has 1 aromatic carbocycles. The van der Waals surface area contributed by atoms with Crippen LogP contribution in [0.15, 0.2) is 42.1 Å². The van der Waals surface area contributed by atoms with Gasteiger partial charge in [0.2, 0.25) is 0 Å². The number of carboxylic acid groups (broad SMARTS) is 1. The summed E-state index contributed by atoms with van der Waals surface area (Å²) in [5, 5.41) is 12.7. The minimum atomic E-state index is -0.953. The van der Waals surface area contributed by atoms with Crippen molar-refractivity contribution in [3.8, 4) is 5.75 Å². The molecule has 0 aliphatic carbocycles. The number of oxime groups is 1. The molecule has 0 radical (unpaired) electrons. The molecule has 0 fully saturated rings. The summed E-state index contributed by atoms with van der Waals surface area (Å²) in [5.74, 6) is -0.264. The predicted molar refractivity (Wildman–Crippen MR) is 72.5 cm³/mol. The largest absolute Gasteiger partial charge is 0.490 e. The van der Waals surface area contributed by atoms with E-state index in [1.54, 1.807) is 37.3 Å². The lowest BCUT2D eigenvalue weighted by Crippen LogP contribution is -2.09. The number of nitrogens with zero attached hydrogens (tertiary/aromatic N) is 1. The summed E-state index contributed by atoms with van der Waals surface area (Å²) in [6, 6.07) is 7.00. The van der Waals surface area contributed by atoms with Gasteiger partial charge in [-0.3, -0.25) is 4.79 Å². The second kappa shape index (κ2) is 7.92. The highest BCUT2D eigenvalue weighted by Crippen LogP contribution is 2.14. The second-order valence-electron chi connectivity index (χ2n) is 3.65. The molecular formula is C14H17NO4. The van der Waals surface area contributed by atoms with Gasteiger partial charge in [-0.1, -0.05) is 17.8 Å².